The Hall–Kier alpha value is -1.43. The van der Waals surface area contributed by atoms with Crippen LogP contribution >= 0.6 is 11.3 Å². The summed E-state index contributed by atoms with van der Waals surface area (Å²) < 4.78 is 0. The van der Waals surface area contributed by atoms with E-state index in [2.05, 4.69) is 22.6 Å². The van der Waals surface area contributed by atoms with Crippen LogP contribution in [0.5, 0.6) is 0 Å². The van der Waals surface area contributed by atoms with Crippen molar-refractivity contribution in [3.63, 3.8) is 0 Å². The van der Waals surface area contributed by atoms with Crippen LogP contribution in [0.25, 0.3) is 0 Å². The molecule has 6 heteroatoms. The summed E-state index contributed by atoms with van der Waals surface area (Å²) in [5, 5.41) is 6.08. The second-order valence-electron chi connectivity index (χ2n) is 5.81. The van der Waals surface area contributed by atoms with Crippen LogP contribution in [-0.4, -0.2) is 40.8 Å². The summed E-state index contributed by atoms with van der Waals surface area (Å²) in [4.78, 5) is 30.3. The Labute approximate surface area is 128 Å². The molecule has 1 saturated heterocycles. The van der Waals surface area contributed by atoms with Crippen LogP contribution in [0.1, 0.15) is 36.9 Å². The molecule has 1 aromatic heterocycles. The van der Waals surface area contributed by atoms with Crippen LogP contribution in [0.2, 0.25) is 0 Å². The van der Waals surface area contributed by atoms with Crippen molar-refractivity contribution in [2.75, 3.05) is 13.1 Å². The van der Waals surface area contributed by atoms with E-state index in [0.717, 1.165) is 36.4 Å². The van der Waals surface area contributed by atoms with Gasteiger partial charge in [-0.05, 0) is 19.3 Å². The van der Waals surface area contributed by atoms with Gasteiger partial charge < -0.3 is 10.2 Å². The van der Waals surface area contributed by atoms with E-state index in [1.807, 2.05) is 4.90 Å². The number of nitrogens with zero attached hydrogens (tertiary/aromatic N) is 2. The minimum Gasteiger partial charge on any atom is -0.355 e. The molecular formula is C15H21N3O2S. The number of hydrogen-bond acceptors (Lipinski definition) is 4. The fourth-order valence-corrected chi connectivity index (χ4v) is 3.59. The maximum Gasteiger partial charge on any atom is 0.225 e. The average Bonchev–Trinajstić information content (AvgIpc) is 3.08. The summed E-state index contributed by atoms with van der Waals surface area (Å²) in [6, 6.07) is 0.415. The molecule has 0 bridgehead atoms. The van der Waals surface area contributed by atoms with Crippen molar-refractivity contribution in [3.05, 3.63) is 16.1 Å². The molecule has 2 aliphatic rings. The van der Waals surface area contributed by atoms with E-state index < -0.39 is 0 Å². The Morgan fingerprint density at radius 1 is 1.52 bits per heavy atom. The van der Waals surface area contributed by atoms with Crippen molar-refractivity contribution in [2.45, 2.75) is 45.1 Å². The zero-order valence-corrected chi connectivity index (χ0v) is 13.1. The van der Waals surface area contributed by atoms with Crippen molar-refractivity contribution in [3.8, 4) is 0 Å². The first kappa shape index (κ1) is 14.5. The maximum atomic E-state index is 12.1. The maximum absolute atomic E-state index is 12.1. The number of likely N-dealkylation sites (tertiary alicyclic amines) is 1. The molecule has 0 radical (unpaired) electrons. The molecule has 1 atom stereocenters. The number of rotatable bonds is 6. The zero-order chi connectivity index (χ0) is 14.8. The van der Waals surface area contributed by atoms with Gasteiger partial charge in [-0.25, -0.2) is 4.98 Å². The van der Waals surface area contributed by atoms with E-state index in [4.69, 9.17) is 0 Å². The van der Waals surface area contributed by atoms with Gasteiger partial charge in [0, 0.05) is 37.4 Å². The number of thiazole rings is 1. The monoisotopic (exact) mass is 307 g/mol. The molecule has 3 rings (SSSR count). The van der Waals surface area contributed by atoms with Crippen LogP contribution in [0, 0.1) is 5.92 Å². The van der Waals surface area contributed by atoms with Crippen LogP contribution in [0.3, 0.4) is 0 Å². The second-order valence-corrected chi connectivity index (χ2v) is 6.75. The summed E-state index contributed by atoms with van der Waals surface area (Å²) in [6.07, 6.45) is 4.29. The second kappa shape index (κ2) is 6.13. The number of hydrogen-bond donors (Lipinski definition) is 1. The van der Waals surface area contributed by atoms with Gasteiger partial charge in [0.1, 0.15) is 0 Å². The molecule has 2 heterocycles. The fourth-order valence-electron chi connectivity index (χ4n) is 2.71. The standard InChI is InChI=1S/C15H21N3O2S/c1-2-11-9-21-13(17-11)5-6-16-15(20)10-7-14(19)18(8-10)12-3-4-12/h9-10,12H,2-8H2,1H3,(H,16,20)/t10-/m1/s1. The molecule has 5 nitrogen and oxygen atoms in total. The van der Waals surface area contributed by atoms with E-state index in [1.165, 1.54) is 0 Å². The van der Waals surface area contributed by atoms with Gasteiger partial charge in [0.25, 0.3) is 0 Å². The van der Waals surface area contributed by atoms with Gasteiger partial charge in [-0.1, -0.05) is 6.92 Å². The molecule has 0 aromatic carbocycles. The van der Waals surface area contributed by atoms with Crippen molar-refractivity contribution >= 4 is 23.2 Å². The van der Waals surface area contributed by atoms with E-state index >= 15 is 0 Å². The summed E-state index contributed by atoms with van der Waals surface area (Å²) in [5.41, 5.74) is 1.11. The number of carbonyl (C=O) groups is 2. The quantitative estimate of drug-likeness (QED) is 0.863. The predicted molar refractivity (Wildman–Crippen MR) is 81.0 cm³/mol. The minimum absolute atomic E-state index is 0.0128. The SMILES string of the molecule is CCc1csc(CCNC(=O)[C@@H]2CC(=O)N(C3CC3)C2)n1. The van der Waals surface area contributed by atoms with Crippen LogP contribution in [-0.2, 0) is 22.4 Å². The van der Waals surface area contributed by atoms with Crippen molar-refractivity contribution in [1.29, 1.82) is 0 Å². The van der Waals surface area contributed by atoms with Crippen LogP contribution in [0.4, 0.5) is 0 Å². The van der Waals surface area contributed by atoms with Crippen LogP contribution in [0.15, 0.2) is 5.38 Å². The van der Waals surface area contributed by atoms with E-state index in [1.54, 1.807) is 11.3 Å². The van der Waals surface area contributed by atoms with Gasteiger partial charge in [-0.15, -0.1) is 11.3 Å². The zero-order valence-electron chi connectivity index (χ0n) is 12.3. The Morgan fingerprint density at radius 3 is 3.00 bits per heavy atom. The number of aromatic nitrogens is 1. The predicted octanol–water partition coefficient (Wildman–Crippen LogP) is 1.38. The van der Waals surface area contributed by atoms with E-state index in [-0.39, 0.29) is 17.7 Å². The van der Waals surface area contributed by atoms with Crippen molar-refractivity contribution < 1.29 is 9.59 Å². The molecule has 2 fully saturated rings. The number of carbonyl (C=O) groups excluding carboxylic acids is 2. The Kier molecular flexibility index (Phi) is 4.24. The first-order valence-corrected chi connectivity index (χ1v) is 8.55. The van der Waals surface area contributed by atoms with E-state index in [0.29, 0.717) is 25.6 Å². The summed E-state index contributed by atoms with van der Waals surface area (Å²) in [5.74, 6) is -0.00969. The average molecular weight is 307 g/mol. The molecule has 0 unspecified atom stereocenters. The molecule has 2 amide bonds. The topological polar surface area (TPSA) is 62.3 Å². The number of nitrogens with one attached hydrogen (secondary N) is 1. The lowest BCUT2D eigenvalue weighted by Crippen LogP contribution is -2.34. The Morgan fingerprint density at radius 2 is 2.33 bits per heavy atom. The van der Waals surface area contributed by atoms with Gasteiger partial charge in [0.05, 0.1) is 16.6 Å². The molecule has 1 saturated carbocycles. The molecule has 1 aliphatic heterocycles. The molecule has 1 aromatic rings. The van der Waals surface area contributed by atoms with E-state index in [9.17, 15) is 9.59 Å². The van der Waals surface area contributed by atoms with Gasteiger partial charge in [0.15, 0.2) is 0 Å². The largest absolute Gasteiger partial charge is 0.355 e. The van der Waals surface area contributed by atoms with Gasteiger partial charge >= 0.3 is 0 Å². The molecular weight excluding hydrogens is 286 g/mol. The lowest BCUT2D eigenvalue weighted by Gasteiger charge is -2.15. The molecule has 1 N–H and O–H groups in total. The third-order valence-corrected chi connectivity index (χ3v) is 5.07. The first-order valence-electron chi connectivity index (χ1n) is 7.67. The van der Waals surface area contributed by atoms with Gasteiger partial charge in [-0.3, -0.25) is 9.59 Å². The molecule has 21 heavy (non-hydrogen) atoms. The third kappa shape index (κ3) is 3.43. The fraction of sp³-hybridized carbons (Fsp3) is 0.667. The normalized spacial score (nSPS) is 21.9. The number of amides is 2. The highest BCUT2D eigenvalue weighted by Gasteiger charge is 2.41. The van der Waals surface area contributed by atoms with Crippen molar-refractivity contribution in [2.24, 2.45) is 5.92 Å². The molecule has 114 valence electrons. The smallest absolute Gasteiger partial charge is 0.225 e. The van der Waals surface area contributed by atoms with Crippen LogP contribution < -0.4 is 5.32 Å². The molecule has 0 spiro atoms. The van der Waals surface area contributed by atoms with Gasteiger partial charge in [0.2, 0.25) is 11.8 Å². The van der Waals surface area contributed by atoms with Crippen molar-refractivity contribution in [1.82, 2.24) is 15.2 Å². The Balaban J connectivity index is 1.43. The summed E-state index contributed by atoms with van der Waals surface area (Å²) in [6.45, 7) is 3.29. The summed E-state index contributed by atoms with van der Waals surface area (Å²) in [7, 11) is 0. The third-order valence-electron chi connectivity index (χ3n) is 4.12. The van der Waals surface area contributed by atoms with Gasteiger partial charge in [-0.2, -0.15) is 0 Å². The Bertz CT molecular complexity index is 539. The minimum atomic E-state index is -0.166. The molecule has 1 aliphatic carbocycles. The highest BCUT2D eigenvalue weighted by Crippen LogP contribution is 2.32. The first-order chi connectivity index (χ1) is 10.2. The lowest BCUT2D eigenvalue weighted by atomic mass is 10.1. The lowest BCUT2D eigenvalue weighted by molar-refractivity contribution is -0.129. The summed E-state index contributed by atoms with van der Waals surface area (Å²) >= 11 is 1.65. The highest BCUT2D eigenvalue weighted by molar-refractivity contribution is 7.09. The highest BCUT2D eigenvalue weighted by atomic mass is 32.1. The number of aryl methyl sites for hydroxylation is 1.